The number of benzene rings is 2. The van der Waals surface area contributed by atoms with Gasteiger partial charge in [0, 0.05) is 11.0 Å². The topological polar surface area (TPSA) is 83.6 Å². The lowest BCUT2D eigenvalue weighted by atomic mass is 9.92. The highest BCUT2D eigenvalue weighted by Gasteiger charge is 2.49. The van der Waals surface area contributed by atoms with Crippen LogP contribution in [0.4, 0.5) is 13.6 Å². The molecule has 0 saturated carbocycles. The number of carbonyl (C=O) groups is 2. The van der Waals surface area contributed by atoms with Gasteiger partial charge in [-0.25, -0.2) is 22.0 Å². The SMILES string of the molecule is CC1(c2ccc(F)c(F)c2)NC(=O)N(CCS(=O)(=O)c2ccc(Br)cc2)C1=O. The first kappa shape index (κ1) is 20.4. The fraction of sp³-hybridized carbons (Fsp3) is 0.222. The molecule has 1 heterocycles. The third kappa shape index (κ3) is 3.66. The van der Waals surface area contributed by atoms with Crippen molar-refractivity contribution in [3.63, 3.8) is 0 Å². The normalized spacial score (nSPS) is 19.8. The van der Waals surface area contributed by atoms with E-state index in [1.54, 1.807) is 12.1 Å². The Balaban J connectivity index is 1.80. The van der Waals surface area contributed by atoms with Gasteiger partial charge in [0.1, 0.15) is 5.54 Å². The van der Waals surface area contributed by atoms with Crippen molar-refractivity contribution in [2.45, 2.75) is 17.4 Å². The fourth-order valence-electron chi connectivity index (χ4n) is 2.87. The van der Waals surface area contributed by atoms with Crippen LogP contribution in [-0.4, -0.2) is 37.6 Å². The molecule has 6 nitrogen and oxygen atoms in total. The predicted molar refractivity (Wildman–Crippen MR) is 100 cm³/mol. The average Bonchev–Trinajstić information content (AvgIpc) is 2.86. The van der Waals surface area contributed by atoms with E-state index < -0.39 is 44.7 Å². The predicted octanol–water partition coefficient (Wildman–Crippen LogP) is 2.97. The van der Waals surface area contributed by atoms with Crippen molar-refractivity contribution in [3.8, 4) is 0 Å². The third-order valence-electron chi connectivity index (χ3n) is 4.53. The number of imide groups is 1. The number of carbonyl (C=O) groups excluding carboxylic acids is 2. The van der Waals surface area contributed by atoms with Gasteiger partial charge in [0.05, 0.1) is 10.6 Å². The van der Waals surface area contributed by atoms with Crippen molar-refractivity contribution in [1.82, 2.24) is 10.2 Å². The van der Waals surface area contributed by atoms with Crippen molar-refractivity contribution >= 4 is 37.7 Å². The zero-order chi connectivity index (χ0) is 20.7. The Kier molecular flexibility index (Phi) is 5.28. The van der Waals surface area contributed by atoms with Gasteiger partial charge in [-0.15, -0.1) is 0 Å². The minimum absolute atomic E-state index is 0.0583. The summed E-state index contributed by atoms with van der Waals surface area (Å²) in [5.41, 5.74) is -1.56. The summed E-state index contributed by atoms with van der Waals surface area (Å²) in [5, 5.41) is 2.42. The summed E-state index contributed by atoms with van der Waals surface area (Å²) in [7, 11) is -3.73. The molecule has 0 aromatic heterocycles. The van der Waals surface area contributed by atoms with Gasteiger partial charge in [-0.05, 0) is 48.9 Å². The Bertz CT molecular complexity index is 1060. The van der Waals surface area contributed by atoms with Crippen LogP contribution >= 0.6 is 15.9 Å². The lowest BCUT2D eigenvalue weighted by Gasteiger charge is -2.22. The zero-order valence-corrected chi connectivity index (χ0v) is 17.0. The summed E-state index contributed by atoms with van der Waals surface area (Å²) in [6, 6.07) is 8.04. The molecule has 1 N–H and O–H groups in total. The van der Waals surface area contributed by atoms with E-state index >= 15 is 0 Å². The largest absolute Gasteiger partial charge is 0.325 e. The quantitative estimate of drug-likeness (QED) is 0.678. The molecule has 1 aliphatic heterocycles. The molecule has 1 fully saturated rings. The molecular formula is C18H15BrF2N2O4S. The molecule has 3 rings (SSSR count). The number of urea groups is 1. The molecule has 1 atom stereocenters. The van der Waals surface area contributed by atoms with Crippen molar-refractivity contribution in [1.29, 1.82) is 0 Å². The molecule has 2 aromatic rings. The average molecular weight is 473 g/mol. The summed E-state index contributed by atoms with van der Waals surface area (Å²) < 4.78 is 52.3. The van der Waals surface area contributed by atoms with Crippen LogP contribution in [-0.2, 0) is 20.2 Å². The molecule has 0 spiro atoms. The maximum absolute atomic E-state index is 13.5. The highest BCUT2D eigenvalue weighted by molar-refractivity contribution is 9.10. The Labute approximate surface area is 168 Å². The summed E-state index contributed by atoms with van der Waals surface area (Å²) in [4.78, 5) is 25.8. The number of sulfone groups is 1. The molecule has 28 heavy (non-hydrogen) atoms. The first-order valence-corrected chi connectivity index (χ1v) is 10.6. The molecule has 1 saturated heterocycles. The maximum Gasteiger partial charge on any atom is 0.325 e. The second kappa shape index (κ2) is 7.25. The smallest absolute Gasteiger partial charge is 0.319 e. The van der Waals surface area contributed by atoms with Gasteiger partial charge in [0.25, 0.3) is 5.91 Å². The van der Waals surface area contributed by atoms with Crippen molar-refractivity contribution < 1.29 is 26.8 Å². The molecule has 3 amide bonds. The van der Waals surface area contributed by atoms with Crippen LogP contribution in [0.3, 0.4) is 0 Å². The van der Waals surface area contributed by atoms with E-state index in [0.717, 1.165) is 17.0 Å². The van der Waals surface area contributed by atoms with Crippen molar-refractivity contribution in [2.24, 2.45) is 0 Å². The fourth-order valence-corrected chi connectivity index (χ4v) is 4.35. The molecule has 0 radical (unpaired) electrons. The van der Waals surface area contributed by atoms with E-state index in [1.165, 1.54) is 25.1 Å². The highest BCUT2D eigenvalue weighted by atomic mass is 79.9. The highest BCUT2D eigenvalue weighted by Crippen LogP contribution is 2.30. The number of nitrogens with zero attached hydrogens (tertiary/aromatic N) is 1. The maximum atomic E-state index is 13.5. The van der Waals surface area contributed by atoms with E-state index in [9.17, 15) is 26.8 Å². The van der Waals surface area contributed by atoms with E-state index in [1.807, 2.05) is 0 Å². The van der Waals surface area contributed by atoms with Gasteiger partial charge in [-0.2, -0.15) is 0 Å². The molecule has 148 valence electrons. The van der Waals surface area contributed by atoms with Crippen LogP contribution < -0.4 is 5.32 Å². The summed E-state index contributed by atoms with van der Waals surface area (Å²) >= 11 is 3.21. The van der Waals surface area contributed by atoms with Crippen LogP contribution in [0.2, 0.25) is 0 Å². The first-order chi connectivity index (χ1) is 13.0. The van der Waals surface area contributed by atoms with Gasteiger partial charge in [0.15, 0.2) is 21.5 Å². The Morgan fingerprint density at radius 1 is 1.07 bits per heavy atom. The second-order valence-electron chi connectivity index (χ2n) is 6.41. The van der Waals surface area contributed by atoms with Gasteiger partial charge < -0.3 is 5.32 Å². The van der Waals surface area contributed by atoms with Crippen LogP contribution in [0.15, 0.2) is 51.8 Å². The molecule has 10 heteroatoms. The van der Waals surface area contributed by atoms with E-state index in [4.69, 9.17) is 0 Å². The molecule has 1 aliphatic rings. The van der Waals surface area contributed by atoms with Crippen LogP contribution in [0.5, 0.6) is 0 Å². The Morgan fingerprint density at radius 2 is 1.71 bits per heavy atom. The standard InChI is InChI=1S/C18H15BrF2N2O4S/c1-18(11-2-7-14(20)15(21)10-11)16(24)23(17(25)22-18)8-9-28(26,27)13-5-3-12(19)4-6-13/h2-7,10H,8-9H2,1H3,(H,22,25). The lowest BCUT2D eigenvalue weighted by Crippen LogP contribution is -2.41. The van der Waals surface area contributed by atoms with Crippen molar-refractivity contribution in [2.75, 3.05) is 12.3 Å². The molecule has 1 unspecified atom stereocenters. The van der Waals surface area contributed by atoms with Gasteiger partial charge in [0.2, 0.25) is 0 Å². The Morgan fingerprint density at radius 3 is 2.32 bits per heavy atom. The molecule has 2 aromatic carbocycles. The van der Waals surface area contributed by atoms with Gasteiger partial charge >= 0.3 is 6.03 Å². The summed E-state index contributed by atoms with van der Waals surface area (Å²) in [5.74, 6) is -3.45. The third-order valence-corrected chi connectivity index (χ3v) is 6.77. The summed E-state index contributed by atoms with van der Waals surface area (Å²) in [6.45, 7) is 0.978. The van der Waals surface area contributed by atoms with Crippen LogP contribution in [0, 0.1) is 11.6 Å². The number of nitrogens with one attached hydrogen (secondary N) is 1. The monoisotopic (exact) mass is 472 g/mol. The lowest BCUT2D eigenvalue weighted by molar-refractivity contribution is -0.130. The number of halogens is 3. The second-order valence-corrected chi connectivity index (χ2v) is 9.44. The van der Waals surface area contributed by atoms with Crippen molar-refractivity contribution in [3.05, 3.63) is 64.1 Å². The number of rotatable bonds is 5. The zero-order valence-electron chi connectivity index (χ0n) is 14.6. The minimum atomic E-state index is -3.73. The van der Waals surface area contributed by atoms with Crippen LogP contribution in [0.1, 0.15) is 12.5 Å². The van der Waals surface area contributed by atoms with E-state index in [2.05, 4.69) is 21.2 Å². The number of hydrogen-bond acceptors (Lipinski definition) is 4. The van der Waals surface area contributed by atoms with E-state index in [0.29, 0.717) is 4.47 Å². The van der Waals surface area contributed by atoms with E-state index in [-0.39, 0.29) is 17.0 Å². The Hall–Kier alpha value is -2.33. The summed E-state index contributed by atoms with van der Waals surface area (Å²) in [6.07, 6.45) is 0. The first-order valence-electron chi connectivity index (χ1n) is 8.12. The number of hydrogen-bond donors (Lipinski definition) is 1. The number of amides is 3. The molecular weight excluding hydrogens is 458 g/mol. The van der Waals surface area contributed by atoms with Gasteiger partial charge in [-0.1, -0.05) is 22.0 Å². The molecule has 0 aliphatic carbocycles. The van der Waals surface area contributed by atoms with Gasteiger partial charge in [-0.3, -0.25) is 9.69 Å². The van der Waals surface area contributed by atoms with Crippen LogP contribution in [0.25, 0.3) is 0 Å². The minimum Gasteiger partial charge on any atom is -0.319 e. The molecule has 0 bridgehead atoms.